The van der Waals surface area contributed by atoms with Gasteiger partial charge in [0.25, 0.3) is 0 Å². The lowest BCUT2D eigenvalue weighted by Gasteiger charge is -2.14. The number of carbonyl (C=O) groups is 2. The minimum Gasteiger partial charge on any atom is -0.464 e. The van der Waals surface area contributed by atoms with Crippen LogP contribution in [0.25, 0.3) is 0 Å². The maximum atomic E-state index is 11.5. The number of amides is 2. The second kappa shape index (κ2) is 5.68. The Morgan fingerprint density at radius 2 is 2.26 bits per heavy atom. The van der Waals surface area contributed by atoms with Gasteiger partial charge in [0, 0.05) is 19.6 Å². The first kappa shape index (κ1) is 13.3. The summed E-state index contributed by atoms with van der Waals surface area (Å²) in [6.45, 7) is 4.34. The molecule has 1 aromatic rings. The fourth-order valence-corrected chi connectivity index (χ4v) is 2.06. The molecule has 0 bridgehead atoms. The van der Waals surface area contributed by atoms with Crippen LogP contribution in [-0.2, 0) is 17.7 Å². The number of methoxy groups -OCH3 is 1. The van der Waals surface area contributed by atoms with E-state index in [1.54, 1.807) is 9.58 Å². The van der Waals surface area contributed by atoms with E-state index in [4.69, 9.17) is 0 Å². The Bertz CT molecular complexity index is 485. The number of rotatable bonds is 5. The maximum Gasteiger partial charge on any atom is 0.360 e. The summed E-state index contributed by atoms with van der Waals surface area (Å²) in [5.41, 5.74) is 0.974. The zero-order valence-electron chi connectivity index (χ0n) is 11.0. The van der Waals surface area contributed by atoms with E-state index >= 15 is 0 Å². The van der Waals surface area contributed by atoms with Crippen molar-refractivity contribution >= 4 is 12.0 Å². The minimum absolute atomic E-state index is 0.0636. The number of ether oxygens (including phenoxy) is 1. The van der Waals surface area contributed by atoms with Gasteiger partial charge in [-0.05, 0) is 6.42 Å². The first-order valence-electron chi connectivity index (χ1n) is 6.20. The summed E-state index contributed by atoms with van der Waals surface area (Å²) < 4.78 is 6.31. The zero-order chi connectivity index (χ0) is 13.8. The van der Waals surface area contributed by atoms with Crippen molar-refractivity contribution in [3.8, 4) is 0 Å². The predicted octanol–water partition coefficient (Wildman–Crippen LogP) is -0.348. The Morgan fingerprint density at radius 3 is 2.84 bits per heavy atom. The summed E-state index contributed by atoms with van der Waals surface area (Å²) in [6.07, 6.45) is 0.629. The lowest BCUT2D eigenvalue weighted by Crippen LogP contribution is -2.31. The Labute approximate surface area is 110 Å². The third-order valence-electron chi connectivity index (χ3n) is 3.08. The summed E-state index contributed by atoms with van der Waals surface area (Å²) in [5.74, 6) is -0.484. The first-order chi connectivity index (χ1) is 9.17. The number of esters is 1. The molecule has 1 aliphatic rings. The van der Waals surface area contributed by atoms with E-state index in [1.807, 2.05) is 6.92 Å². The summed E-state index contributed by atoms with van der Waals surface area (Å²) in [7, 11) is 1.31. The van der Waals surface area contributed by atoms with Gasteiger partial charge >= 0.3 is 12.0 Å². The molecule has 2 heterocycles. The van der Waals surface area contributed by atoms with Gasteiger partial charge in [-0.1, -0.05) is 12.1 Å². The predicted molar refractivity (Wildman–Crippen MR) is 65.7 cm³/mol. The topological polar surface area (TPSA) is 89.3 Å². The molecular weight excluding hydrogens is 250 g/mol. The minimum atomic E-state index is -0.484. The van der Waals surface area contributed by atoms with Crippen molar-refractivity contribution in [3.63, 3.8) is 0 Å². The van der Waals surface area contributed by atoms with E-state index < -0.39 is 5.97 Å². The van der Waals surface area contributed by atoms with Gasteiger partial charge in [0.15, 0.2) is 5.69 Å². The van der Waals surface area contributed by atoms with E-state index in [1.165, 1.54) is 7.11 Å². The largest absolute Gasteiger partial charge is 0.464 e. The van der Waals surface area contributed by atoms with Crippen LogP contribution in [0, 0.1) is 0 Å². The zero-order valence-corrected chi connectivity index (χ0v) is 11.0. The highest BCUT2D eigenvalue weighted by atomic mass is 16.5. The van der Waals surface area contributed by atoms with E-state index in [0.29, 0.717) is 32.6 Å². The molecule has 1 N–H and O–H groups in total. The monoisotopic (exact) mass is 267 g/mol. The van der Waals surface area contributed by atoms with Crippen molar-refractivity contribution < 1.29 is 14.3 Å². The van der Waals surface area contributed by atoms with Crippen LogP contribution in [0.3, 0.4) is 0 Å². The van der Waals surface area contributed by atoms with Crippen LogP contribution >= 0.6 is 0 Å². The molecule has 0 atom stereocenters. The number of aromatic nitrogens is 3. The molecule has 0 aromatic carbocycles. The van der Waals surface area contributed by atoms with Gasteiger partial charge in [-0.3, -0.25) is 0 Å². The van der Waals surface area contributed by atoms with E-state index in [9.17, 15) is 9.59 Å². The number of nitrogens with zero attached hydrogens (tertiary/aromatic N) is 4. The molecule has 0 saturated carbocycles. The Balaban J connectivity index is 2.06. The normalized spacial score (nSPS) is 14.6. The molecule has 1 saturated heterocycles. The lowest BCUT2D eigenvalue weighted by atomic mass is 10.2. The average Bonchev–Trinajstić information content (AvgIpc) is 3.01. The van der Waals surface area contributed by atoms with Gasteiger partial charge in [-0.2, -0.15) is 0 Å². The van der Waals surface area contributed by atoms with Crippen LogP contribution in [0.4, 0.5) is 4.79 Å². The van der Waals surface area contributed by atoms with Gasteiger partial charge in [-0.15, -0.1) is 5.10 Å². The van der Waals surface area contributed by atoms with Crippen molar-refractivity contribution in [3.05, 3.63) is 11.4 Å². The molecule has 1 aromatic heterocycles. The van der Waals surface area contributed by atoms with Gasteiger partial charge in [0.05, 0.1) is 19.3 Å². The quantitative estimate of drug-likeness (QED) is 0.737. The molecule has 104 valence electrons. The summed E-state index contributed by atoms with van der Waals surface area (Å²) in [4.78, 5) is 24.6. The van der Waals surface area contributed by atoms with Gasteiger partial charge in [0.1, 0.15) is 0 Å². The Morgan fingerprint density at radius 1 is 1.47 bits per heavy atom. The van der Waals surface area contributed by atoms with E-state index in [2.05, 4.69) is 20.4 Å². The van der Waals surface area contributed by atoms with Crippen LogP contribution in [0.15, 0.2) is 0 Å². The Kier molecular flexibility index (Phi) is 3.98. The second-order valence-electron chi connectivity index (χ2n) is 4.17. The third kappa shape index (κ3) is 2.67. The van der Waals surface area contributed by atoms with Crippen LogP contribution in [0.1, 0.15) is 23.1 Å². The maximum absolute atomic E-state index is 11.5. The van der Waals surface area contributed by atoms with Crippen molar-refractivity contribution in [1.82, 2.24) is 25.2 Å². The van der Waals surface area contributed by atoms with Gasteiger partial charge in [-0.25, -0.2) is 14.3 Å². The molecule has 2 amide bonds. The second-order valence-corrected chi connectivity index (χ2v) is 4.17. The highest BCUT2D eigenvalue weighted by Crippen LogP contribution is 2.08. The molecule has 0 spiro atoms. The van der Waals surface area contributed by atoms with Crippen molar-refractivity contribution in [1.29, 1.82) is 0 Å². The van der Waals surface area contributed by atoms with Crippen LogP contribution in [0.5, 0.6) is 0 Å². The molecular formula is C11H17N5O3. The Hall–Kier alpha value is -2.12. The fraction of sp³-hybridized carbons (Fsp3) is 0.636. The standard InChI is InChI=1S/C11H17N5O3/c1-3-8-9(10(17)19-2)13-14-16(8)7-6-15-5-4-12-11(15)18/h3-7H2,1-2H3,(H,12,18). The van der Waals surface area contributed by atoms with Gasteiger partial charge in [0.2, 0.25) is 0 Å². The molecule has 19 heavy (non-hydrogen) atoms. The molecule has 0 aliphatic carbocycles. The van der Waals surface area contributed by atoms with Crippen molar-refractivity contribution in [2.24, 2.45) is 0 Å². The number of hydrogen-bond donors (Lipinski definition) is 1. The molecule has 8 nitrogen and oxygen atoms in total. The molecule has 2 rings (SSSR count). The van der Waals surface area contributed by atoms with Crippen molar-refractivity contribution in [2.75, 3.05) is 26.7 Å². The first-order valence-corrected chi connectivity index (χ1v) is 6.20. The highest BCUT2D eigenvalue weighted by molar-refractivity contribution is 5.88. The van der Waals surface area contributed by atoms with E-state index in [-0.39, 0.29) is 11.7 Å². The number of nitrogens with one attached hydrogen (secondary N) is 1. The summed E-state index contributed by atoms with van der Waals surface area (Å²) in [6, 6.07) is -0.0636. The molecule has 0 unspecified atom stereocenters. The SMILES string of the molecule is CCc1c(C(=O)OC)nnn1CCN1CCNC1=O. The number of urea groups is 1. The number of carbonyl (C=O) groups excluding carboxylic acids is 2. The van der Waals surface area contributed by atoms with E-state index in [0.717, 1.165) is 5.69 Å². The molecule has 1 fully saturated rings. The highest BCUT2D eigenvalue weighted by Gasteiger charge is 2.22. The van der Waals surface area contributed by atoms with Crippen LogP contribution < -0.4 is 5.32 Å². The molecule has 1 aliphatic heterocycles. The summed E-state index contributed by atoms with van der Waals surface area (Å²) in [5, 5.41) is 10.5. The van der Waals surface area contributed by atoms with Gasteiger partial charge < -0.3 is 15.0 Å². The number of hydrogen-bond acceptors (Lipinski definition) is 5. The fourth-order valence-electron chi connectivity index (χ4n) is 2.06. The lowest BCUT2D eigenvalue weighted by molar-refractivity contribution is 0.0592. The van der Waals surface area contributed by atoms with Crippen LogP contribution in [0.2, 0.25) is 0 Å². The average molecular weight is 267 g/mol. The molecule has 8 heteroatoms. The van der Waals surface area contributed by atoms with Crippen molar-refractivity contribution in [2.45, 2.75) is 19.9 Å². The summed E-state index contributed by atoms with van der Waals surface area (Å²) >= 11 is 0. The van der Waals surface area contributed by atoms with Crippen LogP contribution in [-0.4, -0.2) is 58.6 Å². The smallest absolute Gasteiger partial charge is 0.360 e. The third-order valence-corrected chi connectivity index (χ3v) is 3.08. The molecule has 0 radical (unpaired) electrons.